The van der Waals surface area contributed by atoms with E-state index < -0.39 is 5.60 Å². The molecule has 0 aliphatic carbocycles. The second-order valence-corrected chi connectivity index (χ2v) is 2.66. The lowest BCUT2D eigenvalue weighted by Crippen LogP contribution is -2.28. The standard InChI is InChI=1S/C9H12O3/c1-2-5-9(11,7-10)8-4-3-6-12-8/h2-4,6,10-11H,1,5,7H2. The summed E-state index contributed by atoms with van der Waals surface area (Å²) in [7, 11) is 0. The van der Waals surface area contributed by atoms with Crippen LogP contribution >= 0.6 is 0 Å². The highest BCUT2D eigenvalue weighted by Crippen LogP contribution is 2.24. The molecule has 0 aliphatic heterocycles. The van der Waals surface area contributed by atoms with Crippen LogP contribution in [-0.2, 0) is 5.60 Å². The van der Waals surface area contributed by atoms with E-state index in [1.54, 1.807) is 18.2 Å². The third kappa shape index (κ3) is 1.57. The van der Waals surface area contributed by atoms with Crippen LogP contribution in [0.25, 0.3) is 0 Å². The summed E-state index contributed by atoms with van der Waals surface area (Å²) in [4.78, 5) is 0. The fourth-order valence-corrected chi connectivity index (χ4v) is 1.03. The highest BCUT2D eigenvalue weighted by molar-refractivity contribution is 5.10. The van der Waals surface area contributed by atoms with Gasteiger partial charge in [-0.3, -0.25) is 0 Å². The zero-order valence-corrected chi connectivity index (χ0v) is 6.73. The molecule has 1 unspecified atom stereocenters. The molecule has 66 valence electrons. The first-order valence-electron chi connectivity index (χ1n) is 3.71. The van der Waals surface area contributed by atoms with Gasteiger partial charge in [-0.1, -0.05) is 6.08 Å². The third-order valence-electron chi connectivity index (χ3n) is 1.72. The predicted molar refractivity (Wildman–Crippen MR) is 44.5 cm³/mol. The summed E-state index contributed by atoms with van der Waals surface area (Å²) in [5.74, 6) is 0.366. The SMILES string of the molecule is C=CCC(O)(CO)c1ccco1. The van der Waals surface area contributed by atoms with Crippen LogP contribution in [0.5, 0.6) is 0 Å². The smallest absolute Gasteiger partial charge is 0.148 e. The van der Waals surface area contributed by atoms with Crippen LogP contribution in [0.15, 0.2) is 35.5 Å². The van der Waals surface area contributed by atoms with E-state index in [0.717, 1.165) is 0 Å². The zero-order valence-electron chi connectivity index (χ0n) is 6.73. The van der Waals surface area contributed by atoms with Crippen molar-refractivity contribution in [2.45, 2.75) is 12.0 Å². The molecular formula is C9H12O3. The number of aliphatic hydroxyl groups excluding tert-OH is 1. The number of hydrogen-bond acceptors (Lipinski definition) is 3. The monoisotopic (exact) mass is 168 g/mol. The van der Waals surface area contributed by atoms with Crippen molar-refractivity contribution in [3.63, 3.8) is 0 Å². The molecule has 3 heteroatoms. The Morgan fingerprint density at radius 2 is 2.42 bits per heavy atom. The van der Waals surface area contributed by atoms with E-state index in [0.29, 0.717) is 5.76 Å². The summed E-state index contributed by atoms with van der Waals surface area (Å²) in [6.07, 6.45) is 3.27. The molecule has 0 radical (unpaired) electrons. The van der Waals surface area contributed by atoms with Crippen molar-refractivity contribution in [3.8, 4) is 0 Å². The lowest BCUT2D eigenvalue weighted by atomic mass is 9.98. The molecule has 0 aromatic carbocycles. The minimum Gasteiger partial charge on any atom is -0.466 e. The summed E-state index contributed by atoms with van der Waals surface area (Å²) < 4.78 is 4.98. The molecule has 1 atom stereocenters. The van der Waals surface area contributed by atoms with E-state index >= 15 is 0 Å². The summed E-state index contributed by atoms with van der Waals surface area (Å²) >= 11 is 0. The van der Waals surface area contributed by atoms with Crippen molar-refractivity contribution in [2.75, 3.05) is 6.61 Å². The molecule has 2 N–H and O–H groups in total. The molecule has 0 saturated heterocycles. The average Bonchev–Trinajstić information content (AvgIpc) is 2.57. The van der Waals surface area contributed by atoms with Gasteiger partial charge in [0, 0.05) is 6.42 Å². The lowest BCUT2D eigenvalue weighted by molar-refractivity contribution is -0.0332. The third-order valence-corrected chi connectivity index (χ3v) is 1.72. The van der Waals surface area contributed by atoms with Gasteiger partial charge >= 0.3 is 0 Å². The van der Waals surface area contributed by atoms with Crippen LogP contribution < -0.4 is 0 Å². The Morgan fingerprint density at radius 1 is 1.67 bits per heavy atom. The molecule has 1 heterocycles. The first-order valence-corrected chi connectivity index (χ1v) is 3.71. The molecule has 0 bridgehead atoms. The van der Waals surface area contributed by atoms with Crippen molar-refractivity contribution >= 4 is 0 Å². The highest BCUT2D eigenvalue weighted by atomic mass is 16.4. The van der Waals surface area contributed by atoms with E-state index in [1.165, 1.54) is 6.26 Å². The van der Waals surface area contributed by atoms with Gasteiger partial charge in [0.2, 0.25) is 0 Å². The van der Waals surface area contributed by atoms with E-state index in [9.17, 15) is 5.11 Å². The molecule has 0 aliphatic rings. The largest absolute Gasteiger partial charge is 0.466 e. The van der Waals surface area contributed by atoms with Gasteiger partial charge in [-0.05, 0) is 12.1 Å². The van der Waals surface area contributed by atoms with Crippen LogP contribution in [0.3, 0.4) is 0 Å². The maximum Gasteiger partial charge on any atom is 0.148 e. The van der Waals surface area contributed by atoms with E-state index in [-0.39, 0.29) is 13.0 Å². The molecule has 1 rings (SSSR count). The van der Waals surface area contributed by atoms with Gasteiger partial charge in [0.05, 0.1) is 12.9 Å². The second kappa shape index (κ2) is 3.56. The Bertz CT molecular complexity index is 240. The Morgan fingerprint density at radius 3 is 2.83 bits per heavy atom. The Kier molecular flexibility index (Phi) is 2.68. The fourth-order valence-electron chi connectivity index (χ4n) is 1.03. The van der Waals surface area contributed by atoms with Gasteiger partial charge in [-0.15, -0.1) is 6.58 Å². The Labute approximate surface area is 70.9 Å². The predicted octanol–water partition coefficient (Wildman–Crippen LogP) is 1.04. The molecule has 3 nitrogen and oxygen atoms in total. The zero-order chi connectivity index (χ0) is 9.03. The van der Waals surface area contributed by atoms with Gasteiger partial charge in [0.15, 0.2) is 0 Å². The van der Waals surface area contributed by atoms with Gasteiger partial charge in [0.1, 0.15) is 11.4 Å². The number of furan rings is 1. The first kappa shape index (κ1) is 9.03. The van der Waals surface area contributed by atoms with E-state index in [2.05, 4.69) is 6.58 Å². The second-order valence-electron chi connectivity index (χ2n) is 2.66. The van der Waals surface area contributed by atoms with Crippen LogP contribution in [0.4, 0.5) is 0 Å². The molecule has 1 aromatic rings. The minimum absolute atomic E-state index is 0.275. The minimum atomic E-state index is -1.31. The van der Waals surface area contributed by atoms with Gasteiger partial charge < -0.3 is 14.6 Å². The van der Waals surface area contributed by atoms with Crippen molar-refractivity contribution < 1.29 is 14.6 Å². The van der Waals surface area contributed by atoms with Crippen LogP contribution in [-0.4, -0.2) is 16.8 Å². The molecule has 12 heavy (non-hydrogen) atoms. The van der Waals surface area contributed by atoms with Crippen LogP contribution in [0.1, 0.15) is 12.2 Å². The summed E-state index contributed by atoms with van der Waals surface area (Å²) in [5, 5.41) is 18.7. The molecule has 0 saturated carbocycles. The maximum atomic E-state index is 9.77. The molecule has 0 fully saturated rings. The average molecular weight is 168 g/mol. The maximum absolute atomic E-state index is 9.77. The first-order chi connectivity index (χ1) is 5.73. The van der Waals surface area contributed by atoms with Gasteiger partial charge in [0.25, 0.3) is 0 Å². The molecule has 0 spiro atoms. The van der Waals surface area contributed by atoms with Gasteiger partial charge in [-0.25, -0.2) is 0 Å². The summed E-state index contributed by atoms with van der Waals surface area (Å²) in [6, 6.07) is 3.29. The highest BCUT2D eigenvalue weighted by Gasteiger charge is 2.29. The van der Waals surface area contributed by atoms with Crippen molar-refractivity contribution in [3.05, 3.63) is 36.8 Å². The molecule has 1 aromatic heterocycles. The number of aliphatic hydroxyl groups is 2. The van der Waals surface area contributed by atoms with E-state index in [4.69, 9.17) is 9.52 Å². The summed E-state index contributed by atoms with van der Waals surface area (Å²) in [6.45, 7) is 3.12. The van der Waals surface area contributed by atoms with Crippen molar-refractivity contribution in [1.29, 1.82) is 0 Å². The number of rotatable bonds is 4. The Balaban J connectivity index is 2.87. The topological polar surface area (TPSA) is 53.6 Å². The van der Waals surface area contributed by atoms with Crippen molar-refractivity contribution in [2.24, 2.45) is 0 Å². The summed E-state index contributed by atoms with van der Waals surface area (Å²) in [5.41, 5.74) is -1.31. The van der Waals surface area contributed by atoms with Gasteiger partial charge in [-0.2, -0.15) is 0 Å². The quantitative estimate of drug-likeness (QED) is 0.660. The fraction of sp³-hybridized carbons (Fsp3) is 0.333. The van der Waals surface area contributed by atoms with Crippen molar-refractivity contribution in [1.82, 2.24) is 0 Å². The Hall–Kier alpha value is -1.06. The molecular weight excluding hydrogens is 156 g/mol. The normalized spacial score (nSPS) is 15.5. The van der Waals surface area contributed by atoms with E-state index in [1.807, 2.05) is 0 Å². The molecule has 0 amide bonds. The van der Waals surface area contributed by atoms with Crippen LogP contribution in [0.2, 0.25) is 0 Å². The number of hydrogen-bond donors (Lipinski definition) is 2. The lowest BCUT2D eigenvalue weighted by Gasteiger charge is -2.21. The van der Waals surface area contributed by atoms with Crippen LogP contribution in [0, 0.1) is 0 Å².